The first kappa shape index (κ1) is 22.0. The van der Waals surface area contributed by atoms with Gasteiger partial charge < -0.3 is 14.9 Å². The lowest BCUT2D eigenvalue weighted by Crippen LogP contribution is -2.22. The van der Waals surface area contributed by atoms with Gasteiger partial charge in [-0.05, 0) is 40.8 Å². The van der Waals surface area contributed by atoms with Gasteiger partial charge in [0, 0.05) is 12.0 Å². The van der Waals surface area contributed by atoms with Crippen LogP contribution in [0.1, 0.15) is 12.8 Å². The molecule has 160 valence electrons. The summed E-state index contributed by atoms with van der Waals surface area (Å²) in [6, 6.07) is 14.3. The van der Waals surface area contributed by atoms with Crippen molar-refractivity contribution in [2.75, 3.05) is 0 Å². The van der Waals surface area contributed by atoms with Crippen molar-refractivity contribution >= 4 is 11.7 Å². The summed E-state index contributed by atoms with van der Waals surface area (Å²) in [4.78, 5) is 11.9. The highest BCUT2D eigenvalue weighted by molar-refractivity contribution is 5.72. The van der Waals surface area contributed by atoms with E-state index < -0.39 is 24.0 Å². The van der Waals surface area contributed by atoms with Crippen molar-refractivity contribution in [1.82, 2.24) is 20.2 Å². The Hall–Kier alpha value is -3.69. The van der Waals surface area contributed by atoms with Crippen molar-refractivity contribution in [2.24, 2.45) is 0 Å². The van der Waals surface area contributed by atoms with E-state index in [2.05, 4.69) is 22.1 Å². The molecule has 0 saturated heterocycles. The molecule has 31 heavy (non-hydrogen) atoms. The van der Waals surface area contributed by atoms with Crippen LogP contribution >= 0.6 is 0 Å². The number of hydrogen-bond acceptors (Lipinski definition) is 7. The molecule has 0 aliphatic rings. The second-order valence-electron chi connectivity index (χ2n) is 6.72. The fraction of sp³-hybridized carbons (Fsp3) is 0.182. The molecule has 1 heterocycles. The lowest BCUT2D eigenvalue weighted by molar-refractivity contribution is -0.136. The Bertz CT molecular complexity index is 1050. The van der Waals surface area contributed by atoms with Crippen molar-refractivity contribution in [3.8, 4) is 17.1 Å². The number of benzene rings is 2. The minimum atomic E-state index is -1.13. The molecule has 8 nitrogen and oxygen atoms in total. The summed E-state index contributed by atoms with van der Waals surface area (Å²) in [5.74, 6) is -0.478. The van der Waals surface area contributed by atoms with Crippen molar-refractivity contribution in [3.05, 3.63) is 79.1 Å². The molecule has 0 aliphatic carbocycles. The highest BCUT2D eigenvalue weighted by atomic mass is 19.1. The van der Waals surface area contributed by atoms with Crippen molar-refractivity contribution in [1.29, 1.82) is 0 Å². The SMILES string of the molecule is C=C(C=CC(O)CC(O)CC(=O)Oc1ccc(F)cc1)n1nnnc1-c1ccccc1. The molecule has 2 atom stereocenters. The molecule has 9 heteroatoms. The fourth-order valence-electron chi connectivity index (χ4n) is 2.75. The number of tetrazole rings is 1. The maximum Gasteiger partial charge on any atom is 0.313 e. The van der Waals surface area contributed by atoms with Crippen molar-refractivity contribution < 1.29 is 24.1 Å². The van der Waals surface area contributed by atoms with Crippen LogP contribution in [-0.4, -0.2) is 48.6 Å². The van der Waals surface area contributed by atoms with Gasteiger partial charge in [-0.3, -0.25) is 4.79 Å². The van der Waals surface area contributed by atoms with Crippen LogP contribution in [0.15, 0.2) is 73.3 Å². The average Bonchev–Trinajstić information content (AvgIpc) is 3.24. The van der Waals surface area contributed by atoms with E-state index in [-0.39, 0.29) is 18.6 Å². The van der Waals surface area contributed by atoms with Crippen LogP contribution in [0.25, 0.3) is 17.1 Å². The van der Waals surface area contributed by atoms with Crippen LogP contribution in [0.4, 0.5) is 4.39 Å². The first-order valence-corrected chi connectivity index (χ1v) is 9.46. The van der Waals surface area contributed by atoms with Gasteiger partial charge in [0.05, 0.1) is 24.3 Å². The maximum atomic E-state index is 12.9. The average molecular weight is 424 g/mol. The zero-order chi connectivity index (χ0) is 22.2. The van der Waals surface area contributed by atoms with E-state index in [1.165, 1.54) is 29.0 Å². The number of aliphatic hydroxyl groups excluding tert-OH is 2. The Kier molecular flexibility index (Phi) is 7.36. The zero-order valence-electron chi connectivity index (χ0n) is 16.5. The van der Waals surface area contributed by atoms with Gasteiger partial charge in [-0.2, -0.15) is 4.68 Å². The standard InChI is InChI=1S/C22H21FN4O4/c1-15(27-22(24-25-26-27)16-5-3-2-4-6-16)7-10-18(28)13-19(29)14-21(30)31-20-11-8-17(23)9-12-20/h2-12,18-19,28-29H,1,13-14H2. The second-order valence-corrected chi connectivity index (χ2v) is 6.72. The predicted molar refractivity (Wildman–Crippen MR) is 111 cm³/mol. The third-order valence-electron chi connectivity index (χ3n) is 4.25. The number of aromatic nitrogens is 4. The number of halogens is 1. The first-order valence-electron chi connectivity index (χ1n) is 9.46. The van der Waals surface area contributed by atoms with E-state index in [0.29, 0.717) is 11.5 Å². The molecule has 0 bridgehead atoms. The Morgan fingerprint density at radius 1 is 1.16 bits per heavy atom. The Morgan fingerprint density at radius 2 is 1.87 bits per heavy atom. The van der Waals surface area contributed by atoms with Crippen molar-refractivity contribution in [3.63, 3.8) is 0 Å². The van der Waals surface area contributed by atoms with Crippen LogP contribution < -0.4 is 4.74 Å². The molecule has 1 aromatic heterocycles. The summed E-state index contributed by atoms with van der Waals surface area (Å²) in [5.41, 5.74) is 1.21. The Labute approximate surface area is 177 Å². The van der Waals surface area contributed by atoms with E-state index in [1.54, 1.807) is 0 Å². The minimum absolute atomic E-state index is 0.0938. The molecule has 2 unspecified atom stereocenters. The van der Waals surface area contributed by atoms with Gasteiger partial charge in [0.2, 0.25) is 0 Å². The van der Waals surface area contributed by atoms with Crippen LogP contribution in [0.5, 0.6) is 5.75 Å². The summed E-state index contributed by atoms with van der Waals surface area (Å²) >= 11 is 0. The first-order chi connectivity index (χ1) is 14.9. The molecular weight excluding hydrogens is 403 g/mol. The van der Waals surface area contributed by atoms with E-state index in [4.69, 9.17) is 4.74 Å². The normalized spacial score (nSPS) is 13.1. The molecule has 0 spiro atoms. The molecule has 0 aliphatic heterocycles. The van der Waals surface area contributed by atoms with Crippen LogP contribution in [0, 0.1) is 5.82 Å². The molecule has 0 saturated carbocycles. The maximum absolute atomic E-state index is 12.9. The molecule has 0 fully saturated rings. The third-order valence-corrected chi connectivity index (χ3v) is 4.25. The van der Waals surface area contributed by atoms with Crippen LogP contribution in [0.3, 0.4) is 0 Å². The molecule has 3 rings (SSSR count). The molecule has 2 aromatic carbocycles. The fourth-order valence-corrected chi connectivity index (χ4v) is 2.75. The predicted octanol–water partition coefficient (Wildman–Crippen LogP) is 2.61. The number of esters is 1. The summed E-state index contributed by atoms with van der Waals surface area (Å²) in [7, 11) is 0. The van der Waals surface area contributed by atoms with Crippen LogP contribution in [0.2, 0.25) is 0 Å². The molecule has 3 aromatic rings. The summed E-state index contributed by atoms with van der Waals surface area (Å²) in [6.45, 7) is 3.90. The summed E-state index contributed by atoms with van der Waals surface area (Å²) in [6.07, 6.45) is 0.359. The van der Waals surface area contributed by atoms with Gasteiger partial charge in [-0.1, -0.05) is 43.0 Å². The number of allylic oxidation sites excluding steroid dienone is 2. The molecular formula is C22H21FN4O4. The Morgan fingerprint density at radius 3 is 2.58 bits per heavy atom. The molecule has 2 N–H and O–H groups in total. The van der Waals surface area contributed by atoms with Gasteiger partial charge in [0.25, 0.3) is 0 Å². The number of aliphatic hydroxyl groups is 2. The second kappa shape index (κ2) is 10.4. The van der Waals surface area contributed by atoms with E-state index in [9.17, 15) is 19.4 Å². The highest BCUT2D eigenvalue weighted by Crippen LogP contribution is 2.18. The highest BCUT2D eigenvalue weighted by Gasteiger charge is 2.16. The van der Waals surface area contributed by atoms with Gasteiger partial charge in [0.1, 0.15) is 11.6 Å². The lowest BCUT2D eigenvalue weighted by Gasteiger charge is -2.13. The topological polar surface area (TPSA) is 110 Å². The zero-order valence-corrected chi connectivity index (χ0v) is 16.5. The van der Waals surface area contributed by atoms with E-state index in [0.717, 1.165) is 17.7 Å². The summed E-state index contributed by atoms with van der Waals surface area (Å²) < 4.78 is 19.3. The van der Waals surface area contributed by atoms with Gasteiger partial charge in [-0.25, -0.2) is 4.39 Å². The number of ether oxygens (including phenoxy) is 1. The number of rotatable bonds is 9. The molecule has 0 radical (unpaired) electrons. The number of carbonyl (C=O) groups is 1. The minimum Gasteiger partial charge on any atom is -0.426 e. The largest absolute Gasteiger partial charge is 0.426 e. The summed E-state index contributed by atoms with van der Waals surface area (Å²) in [5, 5.41) is 31.7. The third kappa shape index (κ3) is 6.39. The lowest BCUT2D eigenvalue weighted by atomic mass is 10.1. The van der Waals surface area contributed by atoms with E-state index in [1.807, 2.05) is 30.3 Å². The van der Waals surface area contributed by atoms with Crippen LogP contribution in [-0.2, 0) is 4.79 Å². The van der Waals surface area contributed by atoms with Gasteiger partial charge >= 0.3 is 5.97 Å². The van der Waals surface area contributed by atoms with Crippen molar-refractivity contribution in [2.45, 2.75) is 25.0 Å². The smallest absolute Gasteiger partial charge is 0.313 e. The molecule has 0 amide bonds. The monoisotopic (exact) mass is 424 g/mol. The van der Waals surface area contributed by atoms with Gasteiger partial charge in [-0.15, -0.1) is 5.10 Å². The number of nitrogens with zero attached hydrogens (tertiary/aromatic N) is 4. The van der Waals surface area contributed by atoms with Gasteiger partial charge in [0.15, 0.2) is 5.82 Å². The van der Waals surface area contributed by atoms with E-state index >= 15 is 0 Å². The number of hydrogen-bond donors (Lipinski definition) is 2. The number of carbonyl (C=O) groups excluding carboxylic acids is 1. The quantitative estimate of drug-likeness (QED) is 0.309. The Balaban J connectivity index is 1.51.